The monoisotopic (exact) mass is 247 g/mol. The van der Waals surface area contributed by atoms with Crippen molar-refractivity contribution in [3.8, 4) is 5.75 Å². The van der Waals surface area contributed by atoms with Crippen LogP contribution in [-0.2, 0) is 0 Å². The van der Waals surface area contributed by atoms with Crippen LogP contribution in [0.4, 0.5) is 0 Å². The van der Waals surface area contributed by atoms with E-state index in [1.807, 2.05) is 18.3 Å². The van der Waals surface area contributed by atoms with Gasteiger partial charge in [-0.25, -0.2) is 0 Å². The lowest BCUT2D eigenvalue weighted by Gasteiger charge is -2.36. The number of nitrogens with zero attached hydrogens (tertiary/aromatic N) is 1. The van der Waals surface area contributed by atoms with E-state index >= 15 is 0 Å². The van der Waals surface area contributed by atoms with Gasteiger partial charge in [0.25, 0.3) is 8.32 Å². The summed E-state index contributed by atoms with van der Waals surface area (Å²) >= 11 is 0. The van der Waals surface area contributed by atoms with Crippen molar-refractivity contribution in [2.24, 2.45) is 0 Å². The lowest BCUT2D eigenvalue weighted by atomic mass is 10.2. The molecule has 0 amide bonds. The highest BCUT2D eigenvalue weighted by atomic mass is 28.4. The molecule has 0 aliphatic rings. The van der Waals surface area contributed by atoms with Gasteiger partial charge in [0.1, 0.15) is 5.75 Å². The molecule has 0 aromatic carbocycles. The van der Waals surface area contributed by atoms with Crippen LogP contribution in [0.5, 0.6) is 5.75 Å². The maximum atomic E-state index is 6.34. The Morgan fingerprint density at radius 1 is 1.06 bits per heavy atom. The van der Waals surface area contributed by atoms with Gasteiger partial charge < -0.3 is 8.83 Å². The first-order valence-corrected chi connectivity index (χ1v) is 8.97. The highest BCUT2D eigenvalue weighted by Crippen LogP contribution is 2.38. The molecular formula is C14H21NOSi. The molecule has 92 valence electrons. The summed E-state index contributed by atoms with van der Waals surface area (Å²) in [6, 6.07) is 8.25. The van der Waals surface area contributed by atoms with Gasteiger partial charge in [-0.05, 0) is 36.3 Å². The predicted octanol–water partition coefficient (Wildman–Crippen LogP) is 4.32. The molecule has 2 aromatic heterocycles. The van der Waals surface area contributed by atoms with Gasteiger partial charge in [0.15, 0.2) is 0 Å². The summed E-state index contributed by atoms with van der Waals surface area (Å²) in [6.45, 7) is 11.3. The molecule has 0 spiro atoms. The quantitative estimate of drug-likeness (QED) is 0.720. The summed E-state index contributed by atoms with van der Waals surface area (Å²) in [4.78, 5) is 0. The Morgan fingerprint density at radius 2 is 1.76 bits per heavy atom. The second kappa shape index (κ2) is 3.91. The van der Waals surface area contributed by atoms with Gasteiger partial charge in [-0.2, -0.15) is 0 Å². The second-order valence-electron chi connectivity index (χ2n) is 6.04. The van der Waals surface area contributed by atoms with Gasteiger partial charge in [0.2, 0.25) is 0 Å². The molecule has 2 aromatic rings. The summed E-state index contributed by atoms with van der Waals surface area (Å²) < 4.78 is 8.44. The SMILES string of the molecule is CC(C)(C)[Si](C)(C)Oc1ccn2ccccc12. The van der Waals surface area contributed by atoms with Crippen LogP contribution < -0.4 is 4.43 Å². The van der Waals surface area contributed by atoms with Gasteiger partial charge in [-0.3, -0.25) is 0 Å². The average Bonchev–Trinajstić information content (AvgIpc) is 2.60. The van der Waals surface area contributed by atoms with Gasteiger partial charge in [-0.1, -0.05) is 26.8 Å². The van der Waals surface area contributed by atoms with Crippen molar-refractivity contribution in [3.05, 3.63) is 36.7 Å². The summed E-state index contributed by atoms with van der Waals surface area (Å²) in [5, 5.41) is 0.232. The largest absolute Gasteiger partial charge is 0.542 e. The van der Waals surface area contributed by atoms with Crippen LogP contribution in [0.3, 0.4) is 0 Å². The molecule has 0 saturated carbocycles. The van der Waals surface area contributed by atoms with Crippen molar-refractivity contribution in [1.29, 1.82) is 0 Å². The Kier molecular flexibility index (Phi) is 2.82. The molecule has 2 rings (SSSR count). The Hall–Kier alpha value is -1.22. The van der Waals surface area contributed by atoms with E-state index in [-0.39, 0.29) is 5.04 Å². The summed E-state index contributed by atoms with van der Waals surface area (Å²) in [5.74, 6) is 1.01. The Labute approximate surface area is 104 Å². The summed E-state index contributed by atoms with van der Waals surface area (Å²) in [5.41, 5.74) is 1.15. The fourth-order valence-electron chi connectivity index (χ4n) is 1.54. The van der Waals surface area contributed by atoms with Crippen molar-refractivity contribution in [2.45, 2.75) is 38.9 Å². The normalized spacial score (nSPS) is 13.0. The van der Waals surface area contributed by atoms with Gasteiger partial charge >= 0.3 is 0 Å². The number of aromatic nitrogens is 1. The van der Waals surface area contributed by atoms with Crippen LogP contribution in [0, 0.1) is 0 Å². The summed E-state index contributed by atoms with van der Waals surface area (Å²) in [6.07, 6.45) is 4.10. The molecule has 0 atom stereocenters. The second-order valence-corrected chi connectivity index (χ2v) is 10.8. The molecule has 0 N–H and O–H groups in total. The lowest BCUT2D eigenvalue weighted by molar-refractivity contribution is 0.497. The number of hydrogen-bond donors (Lipinski definition) is 0. The van der Waals surface area contributed by atoms with E-state index in [9.17, 15) is 0 Å². The molecule has 0 saturated heterocycles. The molecule has 2 heterocycles. The molecular weight excluding hydrogens is 226 g/mol. The first-order valence-electron chi connectivity index (χ1n) is 6.06. The molecule has 2 nitrogen and oxygen atoms in total. The Bertz CT molecular complexity index is 522. The molecule has 0 unspecified atom stereocenters. The van der Waals surface area contributed by atoms with Crippen molar-refractivity contribution in [2.75, 3.05) is 0 Å². The average molecular weight is 247 g/mol. The first-order chi connectivity index (χ1) is 7.81. The zero-order valence-corrected chi connectivity index (χ0v) is 12.3. The fourth-order valence-corrected chi connectivity index (χ4v) is 2.57. The minimum absolute atomic E-state index is 0.232. The predicted molar refractivity (Wildman–Crippen MR) is 75.2 cm³/mol. The minimum atomic E-state index is -1.74. The van der Waals surface area contributed by atoms with Crippen molar-refractivity contribution >= 4 is 13.8 Å². The number of rotatable bonds is 2. The standard InChI is InChI=1S/C14H21NOSi/c1-14(2,3)17(4,5)16-13-9-11-15-10-7-6-8-12(13)15/h6-11H,1-5H3. The van der Waals surface area contributed by atoms with E-state index in [0.717, 1.165) is 11.3 Å². The van der Waals surface area contributed by atoms with E-state index in [0.29, 0.717) is 0 Å². The fraction of sp³-hybridized carbons (Fsp3) is 0.429. The van der Waals surface area contributed by atoms with Crippen LogP contribution in [0.1, 0.15) is 20.8 Å². The number of pyridine rings is 1. The highest BCUT2D eigenvalue weighted by Gasteiger charge is 2.39. The van der Waals surface area contributed by atoms with Crippen molar-refractivity contribution < 1.29 is 4.43 Å². The molecule has 0 fully saturated rings. The lowest BCUT2D eigenvalue weighted by Crippen LogP contribution is -2.43. The third-order valence-electron chi connectivity index (χ3n) is 3.70. The van der Waals surface area contributed by atoms with E-state index < -0.39 is 8.32 Å². The Morgan fingerprint density at radius 3 is 2.41 bits per heavy atom. The zero-order chi connectivity index (χ0) is 12.7. The summed E-state index contributed by atoms with van der Waals surface area (Å²) in [7, 11) is -1.74. The molecule has 0 radical (unpaired) electrons. The maximum Gasteiger partial charge on any atom is 0.250 e. The number of hydrogen-bond acceptors (Lipinski definition) is 1. The van der Waals surface area contributed by atoms with Crippen molar-refractivity contribution in [1.82, 2.24) is 4.40 Å². The van der Waals surface area contributed by atoms with E-state index in [1.165, 1.54) is 0 Å². The molecule has 17 heavy (non-hydrogen) atoms. The van der Waals surface area contributed by atoms with Crippen molar-refractivity contribution in [3.63, 3.8) is 0 Å². The third-order valence-corrected chi connectivity index (χ3v) is 8.04. The van der Waals surface area contributed by atoms with Crippen LogP contribution in [0.25, 0.3) is 5.52 Å². The van der Waals surface area contributed by atoms with Crippen LogP contribution >= 0.6 is 0 Å². The Balaban J connectivity index is 2.37. The van der Waals surface area contributed by atoms with E-state index in [1.54, 1.807) is 0 Å². The molecule has 0 aliphatic carbocycles. The third kappa shape index (κ3) is 2.25. The van der Waals surface area contributed by atoms with Crippen LogP contribution in [-0.4, -0.2) is 12.7 Å². The maximum absolute atomic E-state index is 6.34. The zero-order valence-electron chi connectivity index (χ0n) is 11.3. The van der Waals surface area contributed by atoms with Gasteiger partial charge in [0, 0.05) is 12.4 Å². The van der Waals surface area contributed by atoms with E-state index in [2.05, 4.69) is 56.6 Å². The van der Waals surface area contributed by atoms with Crippen LogP contribution in [0.2, 0.25) is 18.1 Å². The highest BCUT2D eigenvalue weighted by molar-refractivity contribution is 6.74. The first kappa shape index (κ1) is 12.2. The minimum Gasteiger partial charge on any atom is -0.542 e. The molecule has 0 aliphatic heterocycles. The smallest absolute Gasteiger partial charge is 0.250 e. The van der Waals surface area contributed by atoms with E-state index in [4.69, 9.17) is 4.43 Å². The van der Waals surface area contributed by atoms with Gasteiger partial charge in [-0.15, -0.1) is 0 Å². The topological polar surface area (TPSA) is 13.6 Å². The molecule has 0 bridgehead atoms. The van der Waals surface area contributed by atoms with Crippen LogP contribution in [0.15, 0.2) is 36.7 Å². The number of fused-ring (bicyclic) bond motifs is 1. The van der Waals surface area contributed by atoms with Gasteiger partial charge in [0.05, 0.1) is 5.52 Å². The molecule has 3 heteroatoms.